The van der Waals surface area contributed by atoms with Gasteiger partial charge in [-0.25, -0.2) is 16.8 Å². The van der Waals surface area contributed by atoms with Crippen molar-refractivity contribution in [3.63, 3.8) is 0 Å². The van der Waals surface area contributed by atoms with Gasteiger partial charge in [0.2, 0.25) is 0 Å². The second kappa shape index (κ2) is 16.4. The zero-order valence-electron chi connectivity index (χ0n) is 19.4. The van der Waals surface area contributed by atoms with Gasteiger partial charge in [0.15, 0.2) is 0 Å². The van der Waals surface area contributed by atoms with Crippen LogP contribution in [-0.4, -0.2) is 63.9 Å². The highest BCUT2D eigenvalue weighted by molar-refractivity contribution is 7.89. The van der Waals surface area contributed by atoms with Gasteiger partial charge in [0.05, 0.1) is 10.0 Å². The standard InChI is InChI=1S/2C10H12Cl2N2O4S/c2*11-4-1-5-13-10(15)7-2-3-8(12)9(6-7)19(17,18)14-16/h2*2-3,6,14,16H,1,4-5H2,(H,13,15). The molecule has 2 aromatic carbocycles. The van der Waals surface area contributed by atoms with Crippen molar-refractivity contribution >= 4 is 78.3 Å². The fourth-order valence-corrected chi connectivity index (χ4v) is 5.06. The number of hydrogen-bond donors (Lipinski definition) is 6. The molecule has 0 aromatic heterocycles. The Kier molecular flexibility index (Phi) is 14.8. The molecule has 2 rings (SSSR count). The fourth-order valence-electron chi connectivity index (χ4n) is 2.54. The molecule has 0 atom stereocenters. The van der Waals surface area contributed by atoms with Gasteiger partial charge in [0.1, 0.15) is 9.79 Å². The number of carbonyl (C=O) groups excluding carboxylic acids is 2. The number of amides is 2. The van der Waals surface area contributed by atoms with Crippen molar-refractivity contribution in [3.8, 4) is 0 Å². The van der Waals surface area contributed by atoms with E-state index in [2.05, 4.69) is 10.6 Å². The molecule has 0 saturated carbocycles. The minimum absolute atomic E-state index is 0.0983. The number of benzene rings is 2. The molecule has 0 spiro atoms. The van der Waals surface area contributed by atoms with Crippen molar-refractivity contribution in [1.82, 2.24) is 20.4 Å². The average molecular weight is 654 g/mol. The molecule has 0 saturated heterocycles. The van der Waals surface area contributed by atoms with Crippen molar-refractivity contribution in [2.75, 3.05) is 24.8 Å². The van der Waals surface area contributed by atoms with E-state index >= 15 is 0 Å². The second-order valence-corrected chi connectivity index (χ2v) is 11.9. The molecule has 18 heteroatoms. The third-order valence-electron chi connectivity index (χ3n) is 4.40. The Balaban J connectivity index is 0.000000380. The van der Waals surface area contributed by atoms with Crippen LogP contribution >= 0.6 is 46.4 Å². The fraction of sp³-hybridized carbons (Fsp3) is 0.300. The van der Waals surface area contributed by atoms with Gasteiger partial charge in [-0.3, -0.25) is 9.59 Å². The number of sulfonamides is 2. The summed E-state index contributed by atoms with van der Waals surface area (Å²) in [4.78, 5) is 25.0. The average Bonchev–Trinajstić information content (AvgIpc) is 2.89. The van der Waals surface area contributed by atoms with Gasteiger partial charge < -0.3 is 21.0 Å². The molecule has 0 fully saturated rings. The molecule has 6 N–H and O–H groups in total. The molecular weight excluding hydrogens is 630 g/mol. The van der Waals surface area contributed by atoms with Gasteiger partial charge in [-0.15, -0.1) is 23.2 Å². The first-order chi connectivity index (χ1) is 17.8. The monoisotopic (exact) mass is 652 g/mol. The third-order valence-corrected chi connectivity index (χ3v) is 8.13. The molecule has 0 bridgehead atoms. The van der Waals surface area contributed by atoms with Crippen LogP contribution in [0.2, 0.25) is 10.0 Å². The molecule has 12 nitrogen and oxygen atoms in total. The van der Waals surface area contributed by atoms with Crippen LogP contribution in [0.5, 0.6) is 0 Å². The van der Waals surface area contributed by atoms with E-state index in [1.54, 1.807) is 0 Å². The van der Waals surface area contributed by atoms with Crippen LogP contribution < -0.4 is 20.4 Å². The number of alkyl halides is 2. The largest absolute Gasteiger partial charge is 0.352 e. The van der Waals surface area contributed by atoms with E-state index in [4.69, 9.17) is 56.8 Å². The van der Waals surface area contributed by atoms with Crippen LogP contribution in [0.1, 0.15) is 33.6 Å². The van der Waals surface area contributed by atoms with Crippen molar-refractivity contribution in [3.05, 3.63) is 57.6 Å². The van der Waals surface area contributed by atoms with E-state index in [-0.39, 0.29) is 31.0 Å². The Hall–Kier alpha value is -1.72. The van der Waals surface area contributed by atoms with Crippen molar-refractivity contribution in [1.29, 1.82) is 0 Å². The molecule has 0 unspecified atom stereocenters. The molecule has 2 aromatic rings. The summed E-state index contributed by atoms with van der Waals surface area (Å²) in [6.07, 6.45) is 1.20. The molecule has 0 heterocycles. The van der Waals surface area contributed by atoms with Crippen LogP contribution in [0.3, 0.4) is 0 Å². The Morgan fingerprint density at radius 2 is 1.03 bits per heavy atom. The minimum Gasteiger partial charge on any atom is -0.352 e. The number of carbonyl (C=O) groups is 2. The summed E-state index contributed by atoms with van der Waals surface area (Å²) in [5.41, 5.74) is 0.237. The maximum Gasteiger partial charge on any atom is 0.263 e. The maximum atomic E-state index is 11.7. The summed E-state index contributed by atoms with van der Waals surface area (Å²) in [7, 11) is -8.28. The van der Waals surface area contributed by atoms with Gasteiger partial charge >= 0.3 is 0 Å². The zero-order chi connectivity index (χ0) is 28.9. The molecule has 2 amide bonds. The molecule has 0 aliphatic heterocycles. The predicted molar refractivity (Wildman–Crippen MR) is 142 cm³/mol. The predicted octanol–water partition coefficient (Wildman–Crippen LogP) is 2.73. The summed E-state index contributed by atoms with van der Waals surface area (Å²) in [5.74, 6) is -0.0726. The summed E-state index contributed by atoms with van der Waals surface area (Å²) < 4.78 is 45.8. The van der Waals surface area contributed by atoms with Crippen molar-refractivity contribution < 1.29 is 36.8 Å². The molecule has 0 aliphatic rings. The molecule has 212 valence electrons. The van der Waals surface area contributed by atoms with Crippen molar-refractivity contribution in [2.24, 2.45) is 0 Å². The SMILES string of the molecule is O=C(NCCCCl)c1ccc(Cl)c(S(=O)(=O)NO)c1.O=C(NCCCCl)c1ccc(Cl)c(S(=O)(=O)NO)c1. The summed E-state index contributed by atoms with van der Waals surface area (Å²) in [6, 6.07) is 7.46. The lowest BCUT2D eigenvalue weighted by molar-refractivity contribution is 0.0945. The summed E-state index contributed by atoms with van der Waals surface area (Å²) in [6.45, 7) is 0.761. The highest BCUT2D eigenvalue weighted by Crippen LogP contribution is 2.23. The zero-order valence-corrected chi connectivity index (χ0v) is 24.0. The normalized spacial score (nSPS) is 11.3. The number of nitrogens with one attached hydrogen (secondary N) is 4. The van der Waals surface area contributed by atoms with E-state index in [1.807, 2.05) is 0 Å². The molecule has 0 radical (unpaired) electrons. The van der Waals surface area contributed by atoms with E-state index in [0.717, 1.165) is 21.9 Å². The van der Waals surface area contributed by atoms with Crippen LogP contribution in [-0.2, 0) is 20.0 Å². The van der Waals surface area contributed by atoms with E-state index in [9.17, 15) is 26.4 Å². The number of rotatable bonds is 12. The first kappa shape index (κ1) is 34.3. The number of halogens is 4. The van der Waals surface area contributed by atoms with Gasteiger partial charge in [-0.05, 0) is 49.2 Å². The first-order valence-electron chi connectivity index (χ1n) is 10.4. The smallest absolute Gasteiger partial charge is 0.263 e. The minimum atomic E-state index is -4.14. The van der Waals surface area contributed by atoms with E-state index in [0.29, 0.717) is 37.7 Å². The topological polar surface area (TPSA) is 191 Å². The highest BCUT2D eigenvalue weighted by atomic mass is 35.5. The molecular formula is C20H24Cl4N4O8S2. The Bertz CT molecular complexity index is 1230. The third kappa shape index (κ3) is 10.4. The lowest BCUT2D eigenvalue weighted by Gasteiger charge is -2.08. The van der Waals surface area contributed by atoms with Gasteiger partial charge in [0.25, 0.3) is 31.9 Å². The van der Waals surface area contributed by atoms with Crippen LogP contribution in [0.4, 0.5) is 0 Å². The second-order valence-electron chi connectivity index (χ2n) is 7.08. The molecule has 38 heavy (non-hydrogen) atoms. The van der Waals surface area contributed by atoms with Crippen LogP contribution in [0.25, 0.3) is 0 Å². The Labute approximate surface area is 239 Å². The van der Waals surface area contributed by atoms with E-state index in [1.165, 1.54) is 24.3 Å². The Morgan fingerprint density at radius 3 is 1.32 bits per heavy atom. The first-order valence-corrected chi connectivity index (χ1v) is 15.2. The Morgan fingerprint density at radius 1 is 0.684 bits per heavy atom. The highest BCUT2D eigenvalue weighted by Gasteiger charge is 2.20. The summed E-state index contributed by atoms with van der Waals surface area (Å²) in [5, 5.41) is 22.1. The molecule has 0 aliphatic carbocycles. The van der Waals surface area contributed by atoms with Crippen LogP contribution in [0.15, 0.2) is 46.2 Å². The van der Waals surface area contributed by atoms with Gasteiger partial charge in [-0.1, -0.05) is 33.0 Å². The quantitative estimate of drug-likeness (QED) is 0.114. The van der Waals surface area contributed by atoms with Crippen molar-refractivity contribution in [2.45, 2.75) is 22.6 Å². The van der Waals surface area contributed by atoms with E-state index < -0.39 is 31.9 Å². The van der Waals surface area contributed by atoms with Gasteiger partial charge in [-0.2, -0.15) is 0 Å². The maximum absolute atomic E-state index is 11.7. The summed E-state index contributed by atoms with van der Waals surface area (Å²) >= 11 is 22.4. The lowest BCUT2D eigenvalue weighted by Crippen LogP contribution is -2.25. The van der Waals surface area contributed by atoms with Crippen LogP contribution in [0, 0.1) is 0 Å². The lowest BCUT2D eigenvalue weighted by atomic mass is 10.2. The van der Waals surface area contributed by atoms with Gasteiger partial charge in [0, 0.05) is 36.0 Å². The number of hydrogen-bond acceptors (Lipinski definition) is 8.